The van der Waals surface area contributed by atoms with Crippen molar-refractivity contribution in [3.05, 3.63) is 34.6 Å². The molecular weight excluding hydrogens is 240 g/mol. The minimum absolute atomic E-state index is 0.0674. The molecule has 0 aromatic rings. The third-order valence-corrected chi connectivity index (χ3v) is 3.46. The van der Waals surface area contributed by atoms with Crippen molar-refractivity contribution in [1.82, 2.24) is 0 Å². The van der Waals surface area contributed by atoms with Gasteiger partial charge >= 0.3 is 0 Å². The maximum absolute atomic E-state index is 12.4. The van der Waals surface area contributed by atoms with Gasteiger partial charge in [-0.25, -0.2) is 0 Å². The molecule has 3 heteroatoms. The molecule has 0 atom stereocenters. The summed E-state index contributed by atoms with van der Waals surface area (Å²) in [6.07, 6.45) is 5.31. The number of carbonyl (C=O) groups excluding carboxylic acids is 2. The standard InChI is InChI=1S/C16H20O3/c1-10(2)5-6-11-9-13(17)12-7-8-16(3,4)19-15(12)14(11)18/h5,9H,6-8H2,1-4H3. The minimum atomic E-state index is -0.367. The van der Waals surface area contributed by atoms with E-state index in [-0.39, 0.29) is 22.9 Å². The van der Waals surface area contributed by atoms with E-state index in [1.165, 1.54) is 6.08 Å². The van der Waals surface area contributed by atoms with Crippen LogP contribution in [0.1, 0.15) is 47.0 Å². The average molecular weight is 260 g/mol. The lowest BCUT2D eigenvalue weighted by molar-refractivity contribution is -0.123. The Labute approximate surface area is 114 Å². The first-order chi connectivity index (χ1) is 8.80. The molecule has 0 bridgehead atoms. The van der Waals surface area contributed by atoms with Gasteiger partial charge in [0, 0.05) is 11.1 Å². The van der Waals surface area contributed by atoms with Gasteiger partial charge in [0.25, 0.3) is 0 Å². The first-order valence-electron chi connectivity index (χ1n) is 6.65. The molecule has 0 amide bonds. The summed E-state index contributed by atoms with van der Waals surface area (Å²) >= 11 is 0. The Bertz CT molecular complexity index is 526. The van der Waals surface area contributed by atoms with Gasteiger partial charge in [0.05, 0.1) is 0 Å². The third kappa shape index (κ3) is 2.86. The van der Waals surface area contributed by atoms with Gasteiger partial charge in [-0.1, -0.05) is 11.6 Å². The summed E-state index contributed by atoms with van der Waals surface area (Å²) in [6.45, 7) is 7.84. The van der Waals surface area contributed by atoms with Gasteiger partial charge in [-0.15, -0.1) is 0 Å². The fourth-order valence-electron chi connectivity index (χ4n) is 2.27. The number of hydrogen-bond acceptors (Lipinski definition) is 3. The van der Waals surface area contributed by atoms with E-state index in [9.17, 15) is 9.59 Å². The lowest BCUT2D eigenvalue weighted by Gasteiger charge is -2.34. The third-order valence-electron chi connectivity index (χ3n) is 3.46. The highest BCUT2D eigenvalue weighted by molar-refractivity contribution is 6.22. The van der Waals surface area contributed by atoms with Gasteiger partial charge in [0.15, 0.2) is 11.5 Å². The second-order valence-corrected chi connectivity index (χ2v) is 6.02. The molecule has 1 heterocycles. The molecule has 0 unspecified atom stereocenters. The summed E-state index contributed by atoms with van der Waals surface area (Å²) in [7, 11) is 0. The smallest absolute Gasteiger partial charge is 0.224 e. The molecule has 2 aliphatic rings. The Balaban J connectivity index is 2.29. The van der Waals surface area contributed by atoms with Crippen LogP contribution in [0.4, 0.5) is 0 Å². The normalized spacial score (nSPS) is 21.6. The SMILES string of the molecule is CC(C)=CCC1=CC(=O)C2=C(OC(C)(C)CC2)C1=O. The van der Waals surface area contributed by atoms with E-state index in [0.29, 0.717) is 24.0 Å². The molecule has 0 radical (unpaired) electrons. The summed E-state index contributed by atoms with van der Waals surface area (Å²) in [5, 5.41) is 0. The number of ether oxygens (including phenoxy) is 1. The fraction of sp³-hybridized carbons (Fsp3) is 0.500. The van der Waals surface area contributed by atoms with Crippen molar-refractivity contribution < 1.29 is 14.3 Å². The van der Waals surface area contributed by atoms with E-state index in [1.54, 1.807) is 0 Å². The molecule has 102 valence electrons. The summed E-state index contributed by atoms with van der Waals surface area (Å²) in [6, 6.07) is 0. The van der Waals surface area contributed by atoms with Gasteiger partial charge in [-0.05, 0) is 53.0 Å². The number of carbonyl (C=O) groups is 2. The summed E-state index contributed by atoms with van der Waals surface area (Å²) in [4.78, 5) is 24.4. The number of hydrogen-bond donors (Lipinski definition) is 0. The zero-order chi connectivity index (χ0) is 14.2. The molecule has 0 saturated carbocycles. The lowest BCUT2D eigenvalue weighted by atomic mass is 9.85. The van der Waals surface area contributed by atoms with Crippen LogP contribution in [0.25, 0.3) is 0 Å². The summed E-state index contributed by atoms with van der Waals surface area (Å²) < 4.78 is 5.75. The highest BCUT2D eigenvalue weighted by Crippen LogP contribution is 2.36. The second kappa shape index (κ2) is 4.80. The minimum Gasteiger partial charge on any atom is -0.483 e. The van der Waals surface area contributed by atoms with Crippen LogP contribution in [0, 0.1) is 0 Å². The Morgan fingerprint density at radius 2 is 2.05 bits per heavy atom. The summed E-state index contributed by atoms with van der Waals surface area (Å²) in [5.74, 6) is 0.0861. The van der Waals surface area contributed by atoms with Gasteiger partial charge < -0.3 is 4.74 Å². The van der Waals surface area contributed by atoms with E-state index in [2.05, 4.69) is 0 Å². The maximum Gasteiger partial charge on any atom is 0.224 e. The fourth-order valence-corrected chi connectivity index (χ4v) is 2.27. The van der Waals surface area contributed by atoms with E-state index < -0.39 is 0 Å². The monoisotopic (exact) mass is 260 g/mol. The van der Waals surface area contributed by atoms with Crippen molar-refractivity contribution in [1.29, 1.82) is 0 Å². The molecule has 1 aliphatic carbocycles. The van der Waals surface area contributed by atoms with Crippen LogP contribution >= 0.6 is 0 Å². The van der Waals surface area contributed by atoms with Crippen LogP contribution in [0.5, 0.6) is 0 Å². The van der Waals surface area contributed by atoms with Crippen molar-refractivity contribution in [3.8, 4) is 0 Å². The molecular formula is C16H20O3. The maximum atomic E-state index is 12.4. The molecule has 0 spiro atoms. The van der Waals surface area contributed by atoms with Gasteiger partial charge in [-0.3, -0.25) is 9.59 Å². The molecule has 0 aromatic heterocycles. The van der Waals surface area contributed by atoms with Crippen LogP contribution in [-0.2, 0) is 14.3 Å². The number of Topliss-reactive ketones (excluding diaryl/α,β-unsaturated/α-hetero) is 1. The number of rotatable bonds is 2. The molecule has 1 aliphatic heterocycles. The van der Waals surface area contributed by atoms with Crippen molar-refractivity contribution in [2.24, 2.45) is 0 Å². The highest BCUT2D eigenvalue weighted by atomic mass is 16.5. The lowest BCUT2D eigenvalue weighted by Crippen LogP contribution is -2.35. The van der Waals surface area contributed by atoms with Crippen molar-refractivity contribution in [3.63, 3.8) is 0 Å². The topological polar surface area (TPSA) is 43.4 Å². The van der Waals surface area contributed by atoms with E-state index in [0.717, 1.165) is 12.0 Å². The van der Waals surface area contributed by atoms with Gasteiger partial charge in [-0.2, -0.15) is 0 Å². The molecule has 3 nitrogen and oxygen atoms in total. The van der Waals surface area contributed by atoms with E-state index in [4.69, 9.17) is 4.74 Å². The first kappa shape index (κ1) is 13.8. The quantitative estimate of drug-likeness (QED) is 0.565. The molecule has 0 saturated heterocycles. The van der Waals surface area contributed by atoms with Crippen molar-refractivity contribution in [2.75, 3.05) is 0 Å². The van der Waals surface area contributed by atoms with Gasteiger partial charge in [0.1, 0.15) is 5.60 Å². The van der Waals surface area contributed by atoms with E-state index in [1.807, 2.05) is 33.8 Å². The predicted molar refractivity (Wildman–Crippen MR) is 73.6 cm³/mol. The molecule has 0 N–H and O–H groups in total. The molecule has 0 fully saturated rings. The van der Waals surface area contributed by atoms with Gasteiger partial charge in [0.2, 0.25) is 5.78 Å². The molecule has 19 heavy (non-hydrogen) atoms. The van der Waals surface area contributed by atoms with Crippen molar-refractivity contribution in [2.45, 2.75) is 52.6 Å². The van der Waals surface area contributed by atoms with Crippen LogP contribution in [-0.4, -0.2) is 17.2 Å². The van der Waals surface area contributed by atoms with E-state index >= 15 is 0 Å². The summed E-state index contributed by atoms with van der Waals surface area (Å²) in [5.41, 5.74) is 1.84. The molecule has 2 rings (SSSR count). The Hall–Kier alpha value is -1.64. The Morgan fingerprint density at radius 3 is 2.68 bits per heavy atom. The Kier molecular flexibility index (Phi) is 3.48. The highest BCUT2D eigenvalue weighted by Gasteiger charge is 2.37. The largest absolute Gasteiger partial charge is 0.483 e. The zero-order valence-electron chi connectivity index (χ0n) is 12.0. The Morgan fingerprint density at radius 1 is 1.37 bits per heavy atom. The first-order valence-corrected chi connectivity index (χ1v) is 6.65. The van der Waals surface area contributed by atoms with Crippen molar-refractivity contribution >= 4 is 11.6 Å². The van der Waals surface area contributed by atoms with Crippen LogP contribution in [0.3, 0.4) is 0 Å². The number of allylic oxidation sites excluding steroid dienone is 5. The predicted octanol–water partition coefficient (Wildman–Crippen LogP) is 3.26. The number of ketones is 2. The molecule has 0 aromatic carbocycles. The van der Waals surface area contributed by atoms with Crippen LogP contribution in [0.15, 0.2) is 34.6 Å². The zero-order valence-corrected chi connectivity index (χ0v) is 12.0. The van der Waals surface area contributed by atoms with Crippen LogP contribution < -0.4 is 0 Å². The second-order valence-electron chi connectivity index (χ2n) is 6.02. The van der Waals surface area contributed by atoms with Crippen LogP contribution in [0.2, 0.25) is 0 Å². The average Bonchev–Trinajstić information content (AvgIpc) is 2.30.